The maximum atomic E-state index is 5.90. The smallest absolute Gasteiger partial charge is 0.107 e. The van der Waals surface area contributed by atoms with Crippen LogP contribution in [0, 0.1) is 0 Å². The fourth-order valence-corrected chi connectivity index (χ4v) is 6.69. The summed E-state index contributed by atoms with van der Waals surface area (Å²) in [6.45, 7) is 13.1. The maximum Gasteiger partial charge on any atom is 0.107 e. The zero-order chi connectivity index (χ0) is 11.4. The second kappa shape index (κ2) is 6.39. The molecule has 86 valence electrons. The van der Waals surface area contributed by atoms with Crippen molar-refractivity contribution in [3.63, 3.8) is 0 Å². The highest BCUT2D eigenvalue weighted by molar-refractivity contribution is 8.73. The zero-order valence-electron chi connectivity index (χ0n) is 9.81. The summed E-state index contributed by atoms with van der Waals surface area (Å²) in [6, 6.07) is 0. The second-order valence-corrected chi connectivity index (χ2v) is 9.75. The van der Waals surface area contributed by atoms with E-state index >= 15 is 0 Å². The van der Waals surface area contributed by atoms with Crippen molar-refractivity contribution < 1.29 is 8.37 Å². The van der Waals surface area contributed by atoms with Crippen LogP contribution in [0.3, 0.4) is 0 Å². The Balaban J connectivity index is 4.69. The number of hydrogen-bond donors (Lipinski definition) is 0. The van der Waals surface area contributed by atoms with E-state index in [9.17, 15) is 0 Å². The molecule has 0 aromatic heterocycles. The standard InChI is InChI=1S/C9H21O2PS2/c1-7(2)10-14(12-13,9(5)6)11-8(3)4/h7-9H,1-6H3. The molecule has 5 heteroatoms. The quantitative estimate of drug-likeness (QED) is 0.663. The van der Waals surface area contributed by atoms with Crippen molar-refractivity contribution in [1.29, 1.82) is 0 Å². The van der Waals surface area contributed by atoms with E-state index in [1.54, 1.807) is 0 Å². The highest BCUT2D eigenvalue weighted by Gasteiger charge is 2.27. The first-order chi connectivity index (χ1) is 6.34. The minimum Gasteiger partial charge on any atom is -0.273 e. The van der Waals surface area contributed by atoms with E-state index in [1.165, 1.54) is 0 Å². The predicted molar refractivity (Wildman–Crippen MR) is 69.5 cm³/mol. The fourth-order valence-electron chi connectivity index (χ4n) is 0.918. The van der Waals surface area contributed by atoms with Gasteiger partial charge >= 0.3 is 0 Å². The van der Waals surface area contributed by atoms with E-state index in [1.807, 2.05) is 27.7 Å². The molecular weight excluding hydrogens is 235 g/mol. The van der Waals surface area contributed by atoms with Crippen LogP contribution in [-0.4, -0.2) is 17.5 Å². The molecule has 0 saturated carbocycles. The molecular formula is C9H21O2PS2. The molecule has 0 rings (SSSR count). The summed E-state index contributed by atoms with van der Waals surface area (Å²) in [4.78, 5) is 0. The third-order valence-corrected chi connectivity index (χ3v) is 8.36. The minimum atomic E-state index is -1.56. The molecule has 0 heterocycles. The van der Waals surface area contributed by atoms with Crippen molar-refractivity contribution in [2.24, 2.45) is 0 Å². The lowest BCUT2D eigenvalue weighted by Gasteiger charge is -2.44. The van der Waals surface area contributed by atoms with Crippen molar-refractivity contribution in [2.45, 2.75) is 59.0 Å². The summed E-state index contributed by atoms with van der Waals surface area (Å²) in [5.74, 6) is 0. The summed E-state index contributed by atoms with van der Waals surface area (Å²) in [5, 5.41) is 0.339. The Bertz CT molecular complexity index is 174. The minimum absolute atomic E-state index is 0.168. The van der Waals surface area contributed by atoms with Crippen LogP contribution >= 0.6 is 16.8 Å². The molecule has 0 aromatic carbocycles. The molecule has 0 amide bonds. The molecule has 0 radical (unpaired) electrons. The summed E-state index contributed by atoms with van der Waals surface area (Å²) >= 11 is 5.16. The van der Waals surface area contributed by atoms with Crippen LogP contribution in [0.1, 0.15) is 41.5 Å². The summed E-state index contributed by atoms with van der Waals surface area (Å²) in [6.07, 6.45) is 0.336. The molecule has 0 atom stereocenters. The van der Waals surface area contributed by atoms with Gasteiger partial charge < -0.3 is 0 Å². The molecule has 0 aliphatic carbocycles. The first-order valence-corrected chi connectivity index (χ1v) is 8.93. The summed E-state index contributed by atoms with van der Waals surface area (Å²) in [5.41, 5.74) is 0. The van der Waals surface area contributed by atoms with Crippen molar-refractivity contribution >= 4 is 28.6 Å². The normalized spacial score (nSPS) is 14.6. The SMILES string of the molecule is CC(C)OS(OC(C)C)(P=S)C(C)C. The van der Waals surface area contributed by atoms with Gasteiger partial charge in [-0.3, -0.25) is 8.37 Å². The third kappa shape index (κ3) is 4.54. The van der Waals surface area contributed by atoms with Crippen LogP contribution in [-0.2, 0) is 20.2 Å². The van der Waals surface area contributed by atoms with E-state index in [4.69, 9.17) is 20.2 Å². The lowest BCUT2D eigenvalue weighted by atomic mass is 10.5. The van der Waals surface area contributed by atoms with Crippen LogP contribution in [0.2, 0.25) is 0 Å². The molecule has 0 spiro atoms. The lowest BCUT2D eigenvalue weighted by Crippen LogP contribution is -2.19. The second-order valence-electron chi connectivity index (χ2n) is 3.93. The fraction of sp³-hybridized carbons (Fsp3) is 1.00. The highest BCUT2D eigenvalue weighted by Crippen LogP contribution is 2.66. The van der Waals surface area contributed by atoms with Gasteiger partial charge in [0.1, 0.15) is 6.56 Å². The van der Waals surface area contributed by atoms with Crippen molar-refractivity contribution in [1.82, 2.24) is 0 Å². The van der Waals surface area contributed by atoms with E-state index in [2.05, 4.69) is 13.8 Å². The van der Waals surface area contributed by atoms with Gasteiger partial charge in [0.25, 0.3) is 0 Å². The monoisotopic (exact) mass is 256 g/mol. The first kappa shape index (κ1) is 14.8. The number of hydrogen-bond acceptors (Lipinski definition) is 3. The van der Waals surface area contributed by atoms with E-state index < -0.39 is 10.2 Å². The van der Waals surface area contributed by atoms with Gasteiger partial charge in [0, 0.05) is 0 Å². The molecule has 2 nitrogen and oxygen atoms in total. The van der Waals surface area contributed by atoms with Gasteiger partial charge in [0.15, 0.2) is 0 Å². The molecule has 14 heavy (non-hydrogen) atoms. The Morgan fingerprint density at radius 3 is 1.43 bits per heavy atom. The van der Waals surface area contributed by atoms with Gasteiger partial charge in [-0.2, -0.15) is 0 Å². The summed E-state index contributed by atoms with van der Waals surface area (Å²) in [7, 11) is -1.56. The molecule has 0 aliphatic heterocycles. The van der Waals surface area contributed by atoms with Gasteiger partial charge in [-0.05, 0) is 53.3 Å². The van der Waals surface area contributed by atoms with Crippen molar-refractivity contribution in [3.8, 4) is 0 Å². The van der Waals surface area contributed by atoms with Crippen LogP contribution in [0.25, 0.3) is 0 Å². The maximum absolute atomic E-state index is 5.90. The van der Waals surface area contributed by atoms with Gasteiger partial charge in [-0.25, -0.2) is 0 Å². The Morgan fingerprint density at radius 1 is 0.929 bits per heavy atom. The average Bonchev–Trinajstić information content (AvgIpc) is 2.00. The first-order valence-electron chi connectivity index (χ1n) is 4.87. The molecule has 0 aromatic rings. The molecule has 0 unspecified atom stereocenters. The van der Waals surface area contributed by atoms with E-state index in [0.717, 1.165) is 6.56 Å². The Morgan fingerprint density at radius 2 is 1.29 bits per heavy atom. The average molecular weight is 256 g/mol. The zero-order valence-corrected chi connectivity index (χ0v) is 12.3. The molecule has 0 saturated heterocycles. The Hall–Kier alpha value is 0.790. The molecule has 0 N–H and O–H groups in total. The molecule has 0 fully saturated rings. The summed E-state index contributed by atoms with van der Waals surface area (Å²) < 4.78 is 11.8. The van der Waals surface area contributed by atoms with Gasteiger partial charge in [-0.15, -0.1) is 10.2 Å². The van der Waals surface area contributed by atoms with Crippen molar-refractivity contribution in [2.75, 3.05) is 0 Å². The van der Waals surface area contributed by atoms with Gasteiger partial charge in [-0.1, -0.05) is 0 Å². The lowest BCUT2D eigenvalue weighted by molar-refractivity contribution is 0.190. The third-order valence-electron chi connectivity index (χ3n) is 1.36. The molecule has 0 bridgehead atoms. The van der Waals surface area contributed by atoms with E-state index in [-0.39, 0.29) is 12.2 Å². The van der Waals surface area contributed by atoms with Crippen LogP contribution in [0.4, 0.5) is 0 Å². The van der Waals surface area contributed by atoms with Gasteiger partial charge in [0.2, 0.25) is 0 Å². The van der Waals surface area contributed by atoms with E-state index in [0.29, 0.717) is 5.25 Å². The molecule has 0 aliphatic rings. The van der Waals surface area contributed by atoms with Crippen LogP contribution in [0.5, 0.6) is 0 Å². The Labute approximate surface area is 96.1 Å². The number of rotatable bonds is 6. The largest absolute Gasteiger partial charge is 0.273 e. The predicted octanol–water partition coefficient (Wildman–Crippen LogP) is 4.20. The van der Waals surface area contributed by atoms with Gasteiger partial charge in [0.05, 0.1) is 17.5 Å². The van der Waals surface area contributed by atoms with Crippen LogP contribution < -0.4 is 0 Å². The highest BCUT2D eigenvalue weighted by atomic mass is 32.9. The topological polar surface area (TPSA) is 18.5 Å². The van der Waals surface area contributed by atoms with Crippen LogP contribution in [0.15, 0.2) is 0 Å². The Kier molecular flexibility index (Phi) is 6.75. The van der Waals surface area contributed by atoms with Crippen molar-refractivity contribution in [3.05, 3.63) is 0 Å².